The monoisotopic (exact) mass is 391 g/mol. The van der Waals surface area contributed by atoms with Crippen LogP contribution in [0.15, 0.2) is 71.6 Å². The van der Waals surface area contributed by atoms with Crippen LogP contribution in [0.25, 0.3) is 10.8 Å². The number of carbonyl (C=O) groups excluding carboxylic acids is 1. The molecule has 0 N–H and O–H groups in total. The minimum absolute atomic E-state index is 0.128. The normalized spacial score (nSPS) is 12.7. The van der Waals surface area contributed by atoms with Crippen molar-refractivity contribution in [2.24, 2.45) is 0 Å². The Labute approximate surface area is 155 Å². The molecule has 1 atom stereocenters. The number of halogens is 2. The van der Waals surface area contributed by atoms with E-state index in [1.807, 2.05) is 18.2 Å². The summed E-state index contributed by atoms with van der Waals surface area (Å²) < 4.78 is 40.6. The Kier molecular flexibility index (Phi) is 4.98. The number of hydrogen-bond donors (Lipinski definition) is 0. The lowest BCUT2D eigenvalue weighted by Gasteiger charge is -2.29. The summed E-state index contributed by atoms with van der Waals surface area (Å²) in [5, 5.41) is 0.660. The molecule has 7 heteroatoms. The number of benzene rings is 3. The van der Waals surface area contributed by atoms with Crippen LogP contribution in [0.4, 0.5) is 10.1 Å². The molecule has 0 spiro atoms. The van der Waals surface area contributed by atoms with Crippen molar-refractivity contribution in [1.82, 2.24) is 0 Å². The van der Waals surface area contributed by atoms with Gasteiger partial charge in [-0.05, 0) is 54.2 Å². The van der Waals surface area contributed by atoms with E-state index in [0.29, 0.717) is 11.1 Å². The molecule has 0 radical (unpaired) electrons. The van der Waals surface area contributed by atoms with Crippen molar-refractivity contribution >= 4 is 43.3 Å². The minimum atomic E-state index is -4.15. The van der Waals surface area contributed by atoms with Crippen molar-refractivity contribution in [2.45, 2.75) is 17.9 Å². The van der Waals surface area contributed by atoms with Crippen LogP contribution in [0.3, 0.4) is 0 Å². The van der Waals surface area contributed by atoms with Crippen molar-refractivity contribution in [3.63, 3.8) is 0 Å². The molecule has 0 aliphatic heterocycles. The Morgan fingerprint density at radius 1 is 1.00 bits per heavy atom. The highest BCUT2D eigenvalue weighted by atomic mass is 35.5. The Morgan fingerprint density at radius 2 is 1.62 bits per heavy atom. The Balaban J connectivity index is 2.26. The van der Waals surface area contributed by atoms with Gasteiger partial charge in [-0.15, -0.1) is 0 Å². The molecular weight excluding hydrogens is 377 g/mol. The van der Waals surface area contributed by atoms with Crippen molar-refractivity contribution in [2.75, 3.05) is 4.31 Å². The molecule has 1 unspecified atom stereocenters. The van der Waals surface area contributed by atoms with Gasteiger partial charge < -0.3 is 0 Å². The number of hydrogen-bond acceptors (Lipinski definition) is 3. The maximum absolute atomic E-state index is 13.2. The van der Waals surface area contributed by atoms with Gasteiger partial charge in [0.1, 0.15) is 11.9 Å². The van der Waals surface area contributed by atoms with Crippen LogP contribution in [-0.4, -0.2) is 19.7 Å². The number of fused-ring (bicyclic) bond motifs is 1. The van der Waals surface area contributed by atoms with Gasteiger partial charge in [-0.1, -0.05) is 36.4 Å². The minimum Gasteiger partial charge on any atom is -0.279 e. The van der Waals surface area contributed by atoms with Gasteiger partial charge in [0.05, 0.1) is 10.6 Å². The topological polar surface area (TPSA) is 54.5 Å². The van der Waals surface area contributed by atoms with Crippen LogP contribution >= 0.6 is 11.6 Å². The molecule has 3 aromatic rings. The lowest BCUT2D eigenvalue weighted by Crippen LogP contribution is -2.42. The van der Waals surface area contributed by atoms with Crippen molar-refractivity contribution < 1.29 is 17.6 Å². The van der Waals surface area contributed by atoms with Gasteiger partial charge in [-0.3, -0.25) is 9.10 Å². The van der Waals surface area contributed by atoms with E-state index < -0.39 is 27.1 Å². The maximum Gasteiger partial charge on any atom is 0.265 e. The molecule has 0 saturated heterocycles. The second kappa shape index (κ2) is 7.05. The highest BCUT2D eigenvalue weighted by Crippen LogP contribution is 2.33. The fourth-order valence-electron chi connectivity index (χ4n) is 2.76. The molecule has 0 aromatic heterocycles. The number of nitrogens with zero attached hydrogens (tertiary/aromatic N) is 1. The van der Waals surface area contributed by atoms with Crippen LogP contribution in [0.5, 0.6) is 0 Å². The van der Waals surface area contributed by atoms with Crippen LogP contribution in [0, 0.1) is 5.82 Å². The second-order valence-electron chi connectivity index (χ2n) is 5.73. The zero-order chi connectivity index (χ0) is 18.9. The van der Waals surface area contributed by atoms with Gasteiger partial charge >= 0.3 is 0 Å². The van der Waals surface area contributed by atoms with Gasteiger partial charge in [0, 0.05) is 5.39 Å². The molecule has 4 nitrogen and oxygen atoms in total. The molecule has 134 valence electrons. The molecule has 0 aliphatic rings. The summed E-state index contributed by atoms with van der Waals surface area (Å²) in [6.07, 6.45) is 0. The fraction of sp³-hybridized carbons (Fsp3) is 0.105. The SMILES string of the molecule is CC(C(=O)Cl)N(c1cccc2ccccc12)S(=O)(=O)c1ccc(F)cc1. The molecule has 0 bridgehead atoms. The number of rotatable bonds is 5. The molecule has 0 fully saturated rings. The first kappa shape index (κ1) is 18.4. The fourth-order valence-corrected chi connectivity index (χ4v) is 4.55. The maximum atomic E-state index is 13.2. The lowest BCUT2D eigenvalue weighted by atomic mass is 10.1. The molecule has 3 rings (SSSR count). The summed E-state index contributed by atoms with van der Waals surface area (Å²) >= 11 is 5.64. The Morgan fingerprint density at radius 3 is 2.27 bits per heavy atom. The van der Waals surface area contributed by atoms with Gasteiger partial charge in [-0.2, -0.15) is 0 Å². The van der Waals surface area contributed by atoms with E-state index in [1.54, 1.807) is 24.3 Å². The number of sulfonamides is 1. The molecule has 3 aromatic carbocycles. The van der Waals surface area contributed by atoms with Gasteiger partial charge in [0.25, 0.3) is 10.0 Å². The number of carbonyl (C=O) groups is 1. The summed E-state index contributed by atoms with van der Waals surface area (Å²) in [5.41, 5.74) is 0.328. The smallest absolute Gasteiger partial charge is 0.265 e. The van der Waals surface area contributed by atoms with Crippen LogP contribution in [0.1, 0.15) is 6.92 Å². The van der Waals surface area contributed by atoms with Crippen molar-refractivity contribution in [3.8, 4) is 0 Å². The first-order chi connectivity index (χ1) is 12.3. The van der Waals surface area contributed by atoms with E-state index in [0.717, 1.165) is 34.0 Å². The molecule has 0 saturated carbocycles. The third kappa shape index (κ3) is 3.30. The average Bonchev–Trinajstić information content (AvgIpc) is 2.62. The molecule has 0 amide bonds. The zero-order valence-corrected chi connectivity index (χ0v) is 15.3. The zero-order valence-electron chi connectivity index (χ0n) is 13.8. The molecule has 26 heavy (non-hydrogen) atoms. The van der Waals surface area contributed by atoms with Crippen LogP contribution < -0.4 is 4.31 Å². The predicted molar refractivity (Wildman–Crippen MR) is 100 cm³/mol. The summed E-state index contributed by atoms with van der Waals surface area (Å²) in [6.45, 7) is 1.41. The molecular formula is C19H15ClFNO3S. The first-order valence-corrected chi connectivity index (χ1v) is 9.61. The summed E-state index contributed by atoms with van der Waals surface area (Å²) in [6, 6.07) is 15.7. The van der Waals surface area contributed by atoms with E-state index in [2.05, 4.69) is 0 Å². The van der Waals surface area contributed by atoms with E-state index >= 15 is 0 Å². The highest BCUT2D eigenvalue weighted by Gasteiger charge is 2.33. The standard InChI is InChI=1S/C19H15ClFNO3S/c1-13(19(20)23)22(26(24,25)16-11-9-15(21)10-12-16)18-8-4-6-14-5-2-3-7-17(14)18/h2-13H,1H3. The third-order valence-electron chi connectivity index (χ3n) is 4.05. The summed E-state index contributed by atoms with van der Waals surface area (Å²) in [5.74, 6) is -0.554. The van der Waals surface area contributed by atoms with Crippen LogP contribution in [0.2, 0.25) is 0 Å². The third-order valence-corrected chi connectivity index (χ3v) is 6.27. The largest absolute Gasteiger partial charge is 0.279 e. The summed E-state index contributed by atoms with van der Waals surface area (Å²) in [4.78, 5) is 11.7. The summed E-state index contributed by atoms with van der Waals surface area (Å²) in [7, 11) is -4.15. The number of anilines is 1. The second-order valence-corrected chi connectivity index (χ2v) is 7.92. The lowest BCUT2D eigenvalue weighted by molar-refractivity contribution is -0.112. The van der Waals surface area contributed by atoms with Crippen molar-refractivity contribution in [1.29, 1.82) is 0 Å². The first-order valence-electron chi connectivity index (χ1n) is 7.79. The highest BCUT2D eigenvalue weighted by molar-refractivity contribution is 7.93. The predicted octanol–water partition coefficient (Wildman–Crippen LogP) is 4.33. The van der Waals surface area contributed by atoms with Crippen molar-refractivity contribution in [3.05, 3.63) is 72.5 Å². The quantitative estimate of drug-likeness (QED) is 0.608. The molecule has 0 heterocycles. The Hall–Kier alpha value is -2.44. The van der Waals surface area contributed by atoms with Gasteiger partial charge in [0.2, 0.25) is 5.24 Å². The van der Waals surface area contributed by atoms with E-state index in [-0.39, 0.29) is 4.90 Å². The van der Waals surface area contributed by atoms with Crippen LogP contribution in [-0.2, 0) is 14.8 Å². The van der Waals surface area contributed by atoms with Gasteiger partial charge in [-0.25, -0.2) is 12.8 Å². The van der Waals surface area contributed by atoms with E-state index in [4.69, 9.17) is 11.6 Å². The van der Waals surface area contributed by atoms with E-state index in [9.17, 15) is 17.6 Å². The molecule has 0 aliphatic carbocycles. The average molecular weight is 392 g/mol. The van der Waals surface area contributed by atoms with Gasteiger partial charge in [0.15, 0.2) is 0 Å². The van der Waals surface area contributed by atoms with E-state index in [1.165, 1.54) is 6.92 Å². The Bertz CT molecular complexity index is 1060.